The van der Waals surface area contributed by atoms with Gasteiger partial charge >= 0.3 is 0 Å². The fourth-order valence-corrected chi connectivity index (χ4v) is 1.97. The van der Waals surface area contributed by atoms with E-state index in [0.29, 0.717) is 5.41 Å². The van der Waals surface area contributed by atoms with E-state index < -0.39 is 0 Å². The van der Waals surface area contributed by atoms with Crippen LogP contribution < -0.4 is 5.73 Å². The van der Waals surface area contributed by atoms with Gasteiger partial charge in [-0.05, 0) is 24.8 Å². The van der Waals surface area contributed by atoms with Crippen LogP contribution in [0.2, 0.25) is 0 Å². The van der Waals surface area contributed by atoms with Gasteiger partial charge in [-0.1, -0.05) is 13.8 Å². The van der Waals surface area contributed by atoms with E-state index >= 15 is 0 Å². The van der Waals surface area contributed by atoms with Gasteiger partial charge in [-0.3, -0.25) is 0 Å². The lowest BCUT2D eigenvalue weighted by Gasteiger charge is -2.22. The van der Waals surface area contributed by atoms with Gasteiger partial charge in [0.25, 0.3) is 0 Å². The summed E-state index contributed by atoms with van der Waals surface area (Å²) in [5.41, 5.74) is 6.31. The number of nitrogens with two attached hydrogens (primary N) is 1. The molecular weight excluding hydrogens is 164 g/mol. The molecule has 1 saturated heterocycles. The Labute approximate surface area is 80.9 Å². The maximum Gasteiger partial charge on any atom is 0.0446 e. The van der Waals surface area contributed by atoms with Crippen LogP contribution in [-0.4, -0.2) is 42.3 Å². The summed E-state index contributed by atoms with van der Waals surface area (Å²) in [5, 5.41) is 8.71. The van der Waals surface area contributed by atoms with Crippen LogP contribution in [0.15, 0.2) is 0 Å². The van der Waals surface area contributed by atoms with E-state index in [1.165, 1.54) is 6.42 Å². The molecule has 0 aromatic rings. The maximum atomic E-state index is 8.71. The number of rotatable bonds is 4. The summed E-state index contributed by atoms with van der Waals surface area (Å²) in [5.74, 6) is 0. The second-order valence-corrected chi connectivity index (χ2v) is 4.92. The summed E-state index contributed by atoms with van der Waals surface area (Å²) in [6.45, 7) is 8.04. The van der Waals surface area contributed by atoms with Crippen LogP contribution in [0.1, 0.15) is 26.7 Å². The number of nitrogens with zero attached hydrogens (tertiary/aromatic N) is 1. The molecule has 1 heterocycles. The minimum atomic E-state index is 0.138. The van der Waals surface area contributed by atoms with Crippen molar-refractivity contribution in [1.29, 1.82) is 0 Å². The number of aliphatic hydroxyl groups excluding tert-OH is 1. The third kappa shape index (κ3) is 3.63. The van der Waals surface area contributed by atoms with Gasteiger partial charge in [-0.15, -0.1) is 0 Å². The van der Waals surface area contributed by atoms with Crippen LogP contribution in [0.25, 0.3) is 0 Å². The monoisotopic (exact) mass is 186 g/mol. The zero-order valence-electron chi connectivity index (χ0n) is 8.79. The van der Waals surface area contributed by atoms with Crippen LogP contribution in [0.3, 0.4) is 0 Å². The van der Waals surface area contributed by atoms with Crippen molar-refractivity contribution in [2.45, 2.75) is 32.7 Å². The smallest absolute Gasteiger partial charge is 0.0446 e. The van der Waals surface area contributed by atoms with Crippen molar-refractivity contribution >= 4 is 0 Å². The molecule has 0 aromatic carbocycles. The molecule has 3 heteroatoms. The second-order valence-electron chi connectivity index (χ2n) is 4.92. The molecule has 0 amide bonds. The molecule has 1 aliphatic rings. The standard InChI is InChI=1S/C10H22N2O/c1-10(2)4-5-12(8-10)7-9(11)3-6-13/h9,13H,3-8,11H2,1-2H3. The Kier molecular flexibility index (Phi) is 3.71. The highest BCUT2D eigenvalue weighted by atomic mass is 16.3. The van der Waals surface area contributed by atoms with Crippen molar-refractivity contribution < 1.29 is 5.11 Å². The summed E-state index contributed by atoms with van der Waals surface area (Å²) in [7, 11) is 0. The van der Waals surface area contributed by atoms with E-state index in [1.807, 2.05) is 0 Å². The molecule has 1 fully saturated rings. The Bertz CT molecular complexity index is 159. The number of likely N-dealkylation sites (tertiary alicyclic amines) is 1. The largest absolute Gasteiger partial charge is 0.396 e. The Morgan fingerprint density at radius 3 is 2.69 bits per heavy atom. The molecule has 0 aromatic heterocycles. The first-order chi connectivity index (χ1) is 6.03. The highest BCUT2D eigenvalue weighted by Gasteiger charge is 2.29. The van der Waals surface area contributed by atoms with Gasteiger partial charge in [0.15, 0.2) is 0 Å². The van der Waals surface area contributed by atoms with E-state index in [0.717, 1.165) is 26.1 Å². The first kappa shape index (κ1) is 11.0. The predicted molar refractivity (Wildman–Crippen MR) is 54.5 cm³/mol. The van der Waals surface area contributed by atoms with E-state index in [-0.39, 0.29) is 12.6 Å². The molecule has 0 bridgehead atoms. The topological polar surface area (TPSA) is 49.5 Å². The highest BCUT2D eigenvalue weighted by molar-refractivity contribution is 4.84. The Morgan fingerprint density at radius 1 is 1.54 bits per heavy atom. The van der Waals surface area contributed by atoms with Crippen molar-refractivity contribution in [2.24, 2.45) is 11.1 Å². The lowest BCUT2D eigenvalue weighted by Crippen LogP contribution is -2.37. The van der Waals surface area contributed by atoms with Gasteiger partial charge in [0, 0.05) is 25.7 Å². The molecule has 1 rings (SSSR count). The SMILES string of the molecule is CC1(C)CCN(CC(N)CCO)C1. The third-order valence-corrected chi connectivity index (χ3v) is 2.75. The quantitative estimate of drug-likeness (QED) is 0.669. The molecule has 3 nitrogen and oxygen atoms in total. The average Bonchev–Trinajstić information content (AvgIpc) is 2.30. The van der Waals surface area contributed by atoms with Crippen LogP contribution in [0.5, 0.6) is 0 Å². The third-order valence-electron chi connectivity index (χ3n) is 2.75. The first-order valence-electron chi connectivity index (χ1n) is 5.12. The molecule has 0 radical (unpaired) electrons. The van der Waals surface area contributed by atoms with Crippen molar-refractivity contribution in [3.63, 3.8) is 0 Å². The maximum absolute atomic E-state index is 8.71. The van der Waals surface area contributed by atoms with Gasteiger partial charge < -0.3 is 15.7 Å². The number of hydrogen-bond acceptors (Lipinski definition) is 3. The molecule has 1 unspecified atom stereocenters. The van der Waals surface area contributed by atoms with E-state index in [9.17, 15) is 0 Å². The van der Waals surface area contributed by atoms with E-state index in [1.54, 1.807) is 0 Å². The van der Waals surface area contributed by atoms with Crippen molar-refractivity contribution in [2.75, 3.05) is 26.2 Å². The van der Waals surface area contributed by atoms with Crippen molar-refractivity contribution in [3.05, 3.63) is 0 Å². The summed E-state index contributed by atoms with van der Waals surface area (Å²) in [4.78, 5) is 2.40. The zero-order chi connectivity index (χ0) is 9.90. The lowest BCUT2D eigenvalue weighted by atomic mass is 9.93. The minimum absolute atomic E-state index is 0.138. The first-order valence-corrected chi connectivity index (χ1v) is 5.12. The summed E-state index contributed by atoms with van der Waals surface area (Å²) in [6, 6.07) is 0.138. The van der Waals surface area contributed by atoms with E-state index in [2.05, 4.69) is 18.7 Å². The van der Waals surface area contributed by atoms with Crippen molar-refractivity contribution in [1.82, 2.24) is 4.90 Å². The lowest BCUT2D eigenvalue weighted by molar-refractivity contribution is 0.236. The predicted octanol–water partition coefficient (Wildman–Crippen LogP) is 0.428. The molecule has 1 atom stereocenters. The molecule has 0 aliphatic carbocycles. The van der Waals surface area contributed by atoms with Gasteiger partial charge in [0.05, 0.1) is 0 Å². The Hall–Kier alpha value is -0.120. The number of aliphatic hydroxyl groups is 1. The molecule has 0 saturated carbocycles. The normalized spacial score (nSPS) is 24.9. The second kappa shape index (κ2) is 4.40. The van der Waals surface area contributed by atoms with Gasteiger partial charge in [0.1, 0.15) is 0 Å². The Morgan fingerprint density at radius 2 is 2.23 bits per heavy atom. The number of hydrogen-bond donors (Lipinski definition) is 2. The molecular formula is C10H22N2O. The van der Waals surface area contributed by atoms with Crippen LogP contribution >= 0.6 is 0 Å². The van der Waals surface area contributed by atoms with Crippen LogP contribution in [0, 0.1) is 5.41 Å². The van der Waals surface area contributed by atoms with Gasteiger partial charge in [-0.2, -0.15) is 0 Å². The fourth-order valence-electron chi connectivity index (χ4n) is 1.97. The minimum Gasteiger partial charge on any atom is -0.396 e. The molecule has 0 spiro atoms. The summed E-state index contributed by atoms with van der Waals surface area (Å²) in [6.07, 6.45) is 1.98. The zero-order valence-corrected chi connectivity index (χ0v) is 8.79. The fraction of sp³-hybridized carbons (Fsp3) is 1.00. The average molecular weight is 186 g/mol. The molecule has 78 valence electrons. The molecule has 3 N–H and O–H groups in total. The van der Waals surface area contributed by atoms with Gasteiger partial charge in [0.2, 0.25) is 0 Å². The van der Waals surface area contributed by atoms with Crippen LogP contribution in [0.4, 0.5) is 0 Å². The van der Waals surface area contributed by atoms with Crippen molar-refractivity contribution in [3.8, 4) is 0 Å². The molecule has 1 aliphatic heterocycles. The van der Waals surface area contributed by atoms with E-state index in [4.69, 9.17) is 10.8 Å². The van der Waals surface area contributed by atoms with Gasteiger partial charge in [-0.25, -0.2) is 0 Å². The highest BCUT2D eigenvalue weighted by Crippen LogP contribution is 2.28. The van der Waals surface area contributed by atoms with Crippen LogP contribution in [-0.2, 0) is 0 Å². The summed E-state index contributed by atoms with van der Waals surface area (Å²) < 4.78 is 0. The Balaban J connectivity index is 2.24. The molecule has 13 heavy (non-hydrogen) atoms. The summed E-state index contributed by atoms with van der Waals surface area (Å²) >= 11 is 0.